The SMILES string of the molecule is CCCCCCCCCCCCC(CN)CCCCCCCCCCCC(C)C. The lowest BCUT2D eigenvalue weighted by atomic mass is 9.94. The highest BCUT2D eigenvalue weighted by Crippen LogP contribution is 2.19. The molecule has 0 aromatic rings. The number of unbranched alkanes of at least 4 members (excludes halogenated alkanes) is 17. The Morgan fingerprint density at radius 3 is 1.07 bits per heavy atom. The summed E-state index contributed by atoms with van der Waals surface area (Å²) >= 11 is 0. The zero-order chi connectivity index (χ0) is 21.4. The van der Waals surface area contributed by atoms with Crippen molar-refractivity contribution in [2.75, 3.05) is 6.54 Å². The van der Waals surface area contributed by atoms with Crippen LogP contribution in [0.2, 0.25) is 0 Å². The van der Waals surface area contributed by atoms with E-state index in [1.165, 1.54) is 141 Å². The van der Waals surface area contributed by atoms with Crippen LogP contribution in [0.4, 0.5) is 0 Å². The van der Waals surface area contributed by atoms with Gasteiger partial charge in [-0.2, -0.15) is 0 Å². The molecule has 1 heteroatoms. The number of rotatable bonds is 24. The van der Waals surface area contributed by atoms with Gasteiger partial charge in [0.15, 0.2) is 0 Å². The molecule has 0 bridgehead atoms. The van der Waals surface area contributed by atoms with Gasteiger partial charge in [-0.1, -0.05) is 149 Å². The van der Waals surface area contributed by atoms with Gasteiger partial charge in [-0.15, -0.1) is 0 Å². The minimum atomic E-state index is 0.796. The summed E-state index contributed by atoms with van der Waals surface area (Å²) in [5, 5.41) is 0. The summed E-state index contributed by atoms with van der Waals surface area (Å²) in [5.74, 6) is 1.68. The maximum atomic E-state index is 6.03. The highest BCUT2D eigenvalue weighted by Gasteiger charge is 2.06. The van der Waals surface area contributed by atoms with Crippen molar-refractivity contribution in [2.45, 2.75) is 162 Å². The van der Waals surface area contributed by atoms with E-state index in [1.807, 2.05) is 0 Å². The Bertz CT molecular complexity index is 286. The topological polar surface area (TPSA) is 26.0 Å². The second-order valence-electron chi connectivity index (χ2n) is 10.2. The molecule has 1 nitrogen and oxygen atoms in total. The van der Waals surface area contributed by atoms with Crippen LogP contribution < -0.4 is 5.73 Å². The first kappa shape index (κ1) is 29.0. The standard InChI is InChI=1S/C28H59N/c1-4-5-6-7-8-9-12-15-18-21-24-28(26-29)25-22-19-16-13-10-11-14-17-20-23-27(2)3/h27-28H,4-26,29H2,1-3H3. The molecule has 1 unspecified atom stereocenters. The van der Waals surface area contributed by atoms with Gasteiger partial charge in [0.2, 0.25) is 0 Å². The van der Waals surface area contributed by atoms with Gasteiger partial charge in [0, 0.05) is 0 Å². The second kappa shape index (κ2) is 24.2. The summed E-state index contributed by atoms with van der Waals surface area (Å²) in [7, 11) is 0. The van der Waals surface area contributed by atoms with E-state index in [-0.39, 0.29) is 0 Å². The molecule has 0 aromatic carbocycles. The Kier molecular flexibility index (Phi) is 24.2. The Labute approximate surface area is 186 Å². The average molecular weight is 410 g/mol. The molecular weight excluding hydrogens is 350 g/mol. The van der Waals surface area contributed by atoms with Gasteiger partial charge in [0.1, 0.15) is 0 Å². The molecular formula is C28H59N. The predicted octanol–water partition coefficient (Wildman–Crippen LogP) is 9.82. The molecule has 0 fully saturated rings. The maximum absolute atomic E-state index is 6.03. The van der Waals surface area contributed by atoms with Crippen LogP contribution in [0.5, 0.6) is 0 Å². The van der Waals surface area contributed by atoms with E-state index >= 15 is 0 Å². The number of hydrogen-bond donors (Lipinski definition) is 1. The van der Waals surface area contributed by atoms with Crippen molar-refractivity contribution < 1.29 is 0 Å². The lowest BCUT2D eigenvalue weighted by Gasteiger charge is -2.14. The zero-order valence-electron chi connectivity index (χ0n) is 21.0. The van der Waals surface area contributed by atoms with Crippen molar-refractivity contribution in [1.29, 1.82) is 0 Å². The van der Waals surface area contributed by atoms with Crippen LogP contribution in [0.1, 0.15) is 162 Å². The minimum Gasteiger partial charge on any atom is -0.330 e. The van der Waals surface area contributed by atoms with E-state index in [0.29, 0.717) is 0 Å². The molecule has 0 rings (SSSR count). The fourth-order valence-electron chi connectivity index (χ4n) is 4.52. The van der Waals surface area contributed by atoms with Crippen LogP contribution in [0.25, 0.3) is 0 Å². The smallest absolute Gasteiger partial charge is 0.00489 e. The molecule has 29 heavy (non-hydrogen) atoms. The molecule has 0 aliphatic carbocycles. The molecule has 0 aromatic heterocycles. The van der Waals surface area contributed by atoms with E-state index in [2.05, 4.69) is 20.8 Å². The van der Waals surface area contributed by atoms with Gasteiger partial charge in [0.05, 0.1) is 0 Å². The molecule has 0 saturated heterocycles. The summed E-state index contributed by atoms with van der Waals surface area (Å²) in [6.45, 7) is 7.89. The summed E-state index contributed by atoms with van der Waals surface area (Å²) in [6, 6.07) is 0. The van der Waals surface area contributed by atoms with E-state index in [9.17, 15) is 0 Å². The fraction of sp³-hybridized carbons (Fsp3) is 1.00. The summed E-state index contributed by atoms with van der Waals surface area (Å²) in [4.78, 5) is 0. The maximum Gasteiger partial charge on any atom is -0.00489 e. The van der Waals surface area contributed by atoms with Crippen molar-refractivity contribution in [1.82, 2.24) is 0 Å². The third-order valence-electron chi connectivity index (χ3n) is 6.69. The van der Waals surface area contributed by atoms with E-state index < -0.39 is 0 Å². The zero-order valence-corrected chi connectivity index (χ0v) is 21.0. The lowest BCUT2D eigenvalue weighted by molar-refractivity contribution is 0.409. The van der Waals surface area contributed by atoms with Crippen LogP contribution in [0.15, 0.2) is 0 Å². The van der Waals surface area contributed by atoms with Gasteiger partial charge in [0.25, 0.3) is 0 Å². The quantitative estimate of drug-likeness (QED) is 0.158. The highest BCUT2D eigenvalue weighted by atomic mass is 14.5. The average Bonchev–Trinajstić information content (AvgIpc) is 2.71. The van der Waals surface area contributed by atoms with Crippen molar-refractivity contribution in [3.63, 3.8) is 0 Å². The van der Waals surface area contributed by atoms with Crippen molar-refractivity contribution in [3.8, 4) is 0 Å². The molecule has 0 heterocycles. The van der Waals surface area contributed by atoms with Crippen molar-refractivity contribution in [2.24, 2.45) is 17.6 Å². The molecule has 0 aliphatic heterocycles. The second-order valence-corrected chi connectivity index (χ2v) is 10.2. The molecule has 176 valence electrons. The Hall–Kier alpha value is -0.0400. The van der Waals surface area contributed by atoms with Gasteiger partial charge < -0.3 is 5.73 Å². The largest absolute Gasteiger partial charge is 0.330 e. The van der Waals surface area contributed by atoms with Gasteiger partial charge in [-0.05, 0) is 31.2 Å². The van der Waals surface area contributed by atoms with Crippen LogP contribution >= 0.6 is 0 Å². The van der Waals surface area contributed by atoms with Gasteiger partial charge >= 0.3 is 0 Å². The number of hydrogen-bond acceptors (Lipinski definition) is 1. The van der Waals surface area contributed by atoms with Gasteiger partial charge in [-0.25, -0.2) is 0 Å². The summed E-state index contributed by atoms with van der Waals surface area (Å²) in [5.41, 5.74) is 6.03. The van der Waals surface area contributed by atoms with E-state index in [4.69, 9.17) is 5.73 Å². The highest BCUT2D eigenvalue weighted by molar-refractivity contribution is 4.61. The third kappa shape index (κ3) is 24.1. The molecule has 2 N–H and O–H groups in total. The molecule has 0 saturated carbocycles. The molecule has 1 atom stereocenters. The molecule has 0 aliphatic rings. The van der Waals surface area contributed by atoms with Gasteiger partial charge in [-0.3, -0.25) is 0 Å². The first-order valence-electron chi connectivity index (χ1n) is 13.9. The fourth-order valence-corrected chi connectivity index (χ4v) is 4.52. The lowest BCUT2D eigenvalue weighted by Crippen LogP contribution is -2.14. The van der Waals surface area contributed by atoms with E-state index in [1.54, 1.807) is 0 Å². The molecule has 0 amide bonds. The van der Waals surface area contributed by atoms with Crippen LogP contribution in [0.3, 0.4) is 0 Å². The van der Waals surface area contributed by atoms with Crippen molar-refractivity contribution in [3.05, 3.63) is 0 Å². The Morgan fingerprint density at radius 2 is 0.759 bits per heavy atom. The molecule has 0 spiro atoms. The summed E-state index contributed by atoms with van der Waals surface area (Å²) in [6.07, 6.45) is 31.6. The van der Waals surface area contributed by atoms with Crippen LogP contribution in [-0.4, -0.2) is 6.54 Å². The van der Waals surface area contributed by atoms with Crippen LogP contribution in [-0.2, 0) is 0 Å². The normalized spacial score (nSPS) is 12.7. The molecule has 0 radical (unpaired) electrons. The first-order chi connectivity index (χ1) is 14.2. The Morgan fingerprint density at radius 1 is 0.448 bits per heavy atom. The minimum absolute atomic E-state index is 0.796. The Balaban J connectivity index is 3.29. The first-order valence-corrected chi connectivity index (χ1v) is 13.9. The third-order valence-corrected chi connectivity index (χ3v) is 6.69. The van der Waals surface area contributed by atoms with Crippen LogP contribution in [0, 0.1) is 11.8 Å². The number of nitrogens with two attached hydrogens (primary N) is 1. The summed E-state index contributed by atoms with van der Waals surface area (Å²) < 4.78 is 0. The van der Waals surface area contributed by atoms with E-state index in [0.717, 1.165) is 18.4 Å². The van der Waals surface area contributed by atoms with Crippen molar-refractivity contribution >= 4 is 0 Å². The monoisotopic (exact) mass is 409 g/mol. The predicted molar refractivity (Wildman–Crippen MR) is 135 cm³/mol.